The van der Waals surface area contributed by atoms with Crippen molar-refractivity contribution in [1.82, 2.24) is 24.1 Å². The number of nitrogen functional groups attached to an aromatic ring is 1. The van der Waals surface area contributed by atoms with E-state index in [2.05, 4.69) is 35.1 Å². The number of anilines is 1. The summed E-state index contributed by atoms with van der Waals surface area (Å²) in [5.74, 6) is 5.63. The number of nitrogens with two attached hydrogens (primary N) is 2. The molecule has 0 atom stereocenters. The number of hydrazine groups is 1. The maximum Gasteiger partial charge on any atom is 0.253 e. The summed E-state index contributed by atoms with van der Waals surface area (Å²) in [5.41, 5.74) is 8.89. The minimum atomic E-state index is -0.625. The Labute approximate surface area is 139 Å². The number of azo groups is 1. The lowest BCUT2D eigenvalue weighted by molar-refractivity contribution is 0.100. The van der Waals surface area contributed by atoms with Crippen LogP contribution in [0.5, 0.6) is 0 Å². The Morgan fingerprint density at radius 2 is 2.08 bits per heavy atom. The highest BCUT2D eigenvalue weighted by atomic mass is 32.1. The number of hydrogen-bond donors (Lipinski definition) is 3. The Balaban J connectivity index is 2.03. The van der Waals surface area contributed by atoms with Crippen LogP contribution in [0, 0.1) is 6.92 Å². The summed E-state index contributed by atoms with van der Waals surface area (Å²) in [5, 5.41) is 12.7. The number of carbonyl (C=O) groups is 1. The molecule has 3 aromatic heterocycles. The van der Waals surface area contributed by atoms with E-state index in [1.54, 1.807) is 25.4 Å². The minimum Gasteiger partial charge on any atom is -0.365 e. The highest BCUT2D eigenvalue weighted by molar-refractivity contribution is 7.10. The van der Waals surface area contributed by atoms with Gasteiger partial charge in [0.05, 0.1) is 17.5 Å². The first kappa shape index (κ1) is 15.6. The second-order valence-corrected chi connectivity index (χ2v) is 5.28. The minimum absolute atomic E-state index is 0.197. The number of nitrogens with one attached hydrogen (secondary N) is 1. The number of carbonyl (C=O) groups excluding carboxylic acids is 1. The SMILES string of the molecule is Cc1nn(-c2ncccn2)c(NN)c1N=Nc1sncc1C(N)=O. The molecule has 0 saturated carbocycles. The molecule has 12 heteroatoms. The number of primary amides is 1. The molecule has 0 fully saturated rings. The third-order valence-corrected chi connectivity index (χ3v) is 3.65. The van der Waals surface area contributed by atoms with Crippen molar-refractivity contribution in [3.63, 3.8) is 0 Å². The molecule has 24 heavy (non-hydrogen) atoms. The van der Waals surface area contributed by atoms with Gasteiger partial charge in [0, 0.05) is 12.4 Å². The lowest BCUT2D eigenvalue weighted by Crippen LogP contribution is -2.13. The van der Waals surface area contributed by atoms with Crippen LogP contribution in [-0.2, 0) is 0 Å². The average Bonchev–Trinajstić information content (AvgIpc) is 3.18. The lowest BCUT2D eigenvalue weighted by atomic mass is 10.3. The van der Waals surface area contributed by atoms with Gasteiger partial charge in [-0.1, -0.05) is 0 Å². The van der Waals surface area contributed by atoms with Gasteiger partial charge in [0.2, 0.25) is 0 Å². The number of nitrogens with zero attached hydrogens (tertiary/aromatic N) is 7. The number of amides is 1. The zero-order chi connectivity index (χ0) is 17.1. The maximum atomic E-state index is 11.3. The number of rotatable bonds is 5. The monoisotopic (exact) mass is 344 g/mol. The van der Waals surface area contributed by atoms with Crippen molar-refractivity contribution in [3.8, 4) is 5.95 Å². The Morgan fingerprint density at radius 1 is 1.33 bits per heavy atom. The number of hydrogen-bond acceptors (Lipinski definition) is 10. The van der Waals surface area contributed by atoms with Gasteiger partial charge in [-0.2, -0.15) is 14.2 Å². The van der Waals surface area contributed by atoms with Gasteiger partial charge in [0.1, 0.15) is 0 Å². The first-order valence-corrected chi connectivity index (χ1v) is 7.39. The summed E-state index contributed by atoms with van der Waals surface area (Å²) in [6, 6.07) is 1.69. The van der Waals surface area contributed by atoms with Crippen LogP contribution in [0.4, 0.5) is 16.5 Å². The Kier molecular flexibility index (Phi) is 4.22. The summed E-state index contributed by atoms with van der Waals surface area (Å²) in [6.07, 6.45) is 4.51. The lowest BCUT2D eigenvalue weighted by Gasteiger charge is -2.04. The molecule has 122 valence electrons. The quantitative estimate of drug-likeness (QED) is 0.356. The van der Waals surface area contributed by atoms with E-state index in [4.69, 9.17) is 11.6 Å². The van der Waals surface area contributed by atoms with Crippen LogP contribution in [0.1, 0.15) is 16.1 Å². The Bertz CT molecular complexity index is 900. The molecule has 0 spiro atoms. The van der Waals surface area contributed by atoms with Crippen molar-refractivity contribution in [2.45, 2.75) is 6.92 Å². The maximum absolute atomic E-state index is 11.3. The molecule has 0 aliphatic carbocycles. The van der Waals surface area contributed by atoms with E-state index in [1.807, 2.05) is 0 Å². The summed E-state index contributed by atoms with van der Waals surface area (Å²) >= 11 is 1.00. The fraction of sp³-hybridized carbons (Fsp3) is 0.0833. The van der Waals surface area contributed by atoms with Crippen molar-refractivity contribution in [3.05, 3.63) is 35.9 Å². The topological polar surface area (TPSA) is 162 Å². The van der Waals surface area contributed by atoms with E-state index >= 15 is 0 Å². The van der Waals surface area contributed by atoms with Crippen molar-refractivity contribution >= 4 is 33.9 Å². The Hall–Kier alpha value is -3.25. The van der Waals surface area contributed by atoms with Gasteiger partial charge in [-0.15, -0.1) is 10.2 Å². The van der Waals surface area contributed by atoms with E-state index in [0.717, 1.165) is 11.5 Å². The van der Waals surface area contributed by atoms with E-state index in [9.17, 15) is 4.79 Å². The zero-order valence-electron chi connectivity index (χ0n) is 12.4. The molecule has 0 bridgehead atoms. The van der Waals surface area contributed by atoms with Gasteiger partial charge >= 0.3 is 0 Å². The second-order valence-electron chi connectivity index (χ2n) is 4.50. The van der Waals surface area contributed by atoms with Gasteiger partial charge in [-0.05, 0) is 24.5 Å². The molecule has 0 unspecified atom stereocenters. The van der Waals surface area contributed by atoms with Gasteiger partial charge < -0.3 is 11.2 Å². The van der Waals surface area contributed by atoms with Crippen molar-refractivity contribution < 1.29 is 4.79 Å². The molecule has 5 N–H and O–H groups in total. The standard InChI is InChI=1S/C12H12N10OS/c1-6-8(19-20-11-7(9(13)23)5-17-24-11)10(18-14)22(21-6)12-15-3-2-4-16-12/h2-5,18H,14H2,1H3,(H2,13,23). The summed E-state index contributed by atoms with van der Waals surface area (Å²) < 4.78 is 5.29. The fourth-order valence-corrected chi connectivity index (χ4v) is 2.47. The molecular weight excluding hydrogens is 332 g/mol. The molecule has 0 radical (unpaired) electrons. The van der Waals surface area contributed by atoms with E-state index in [0.29, 0.717) is 28.1 Å². The van der Waals surface area contributed by atoms with Gasteiger partial charge in [0.25, 0.3) is 11.9 Å². The van der Waals surface area contributed by atoms with E-state index in [-0.39, 0.29) is 5.56 Å². The van der Waals surface area contributed by atoms with Gasteiger partial charge in [-0.3, -0.25) is 4.79 Å². The normalized spacial score (nSPS) is 11.1. The van der Waals surface area contributed by atoms with Crippen molar-refractivity contribution in [2.75, 3.05) is 5.43 Å². The van der Waals surface area contributed by atoms with Crippen LogP contribution in [0.3, 0.4) is 0 Å². The molecule has 0 aromatic carbocycles. The van der Waals surface area contributed by atoms with Crippen LogP contribution in [-0.4, -0.2) is 30.0 Å². The van der Waals surface area contributed by atoms with Crippen molar-refractivity contribution in [2.24, 2.45) is 21.8 Å². The molecule has 0 aliphatic heterocycles. The molecule has 0 saturated heterocycles. The molecule has 3 rings (SSSR count). The first-order chi connectivity index (χ1) is 11.6. The molecule has 0 aliphatic rings. The Morgan fingerprint density at radius 3 is 2.75 bits per heavy atom. The predicted molar refractivity (Wildman–Crippen MR) is 86.5 cm³/mol. The van der Waals surface area contributed by atoms with Gasteiger partial charge in [0.15, 0.2) is 16.5 Å². The fourth-order valence-electron chi connectivity index (χ4n) is 1.88. The van der Waals surface area contributed by atoms with Crippen LogP contribution in [0.15, 0.2) is 34.9 Å². The predicted octanol–water partition coefficient (Wildman–Crippen LogP) is 1.23. The largest absolute Gasteiger partial charge is 0.365 e. The number of aryl methyl sites for hydroxylation is 1. The molecule has 3 aromatic rings. The third kappa shape index (κ3) is 2.82. The van der Waals surface area contributed by atoms with Crippen LogP contribution in [0.25, 0.3) is 5.95 Å². The zero-order valence-corrected chi connectivity index (χ0v) is 13.2. The van der Waals surface area contributed by atoms with Crippen molar-refractivity contribution in [1.29, 1.82) is 0 Å². The van der Waals surface area contributed by atoms with Crippen LogP contribution in [0.2, 0.25) is 0 Å². The highest BCUT2D eigenvalue weighted by Gasteiger charge is 2.18. The third-order valence-electron chi connectivity index (χ3n) is 2.96. The van der Waals surface area contributed by atoms with Gasteiger partial charge in [-0.25, -0.2) is 15.8 Å². The average molecular weight is 344 g/mol. The molecule has 11 nitrogen and oxygen atoms in total. The molecular formula is C12H12N10OS. The summed E-state index contributed by atoms with van der Waals surface area (Å²) in [6.45, 7) is 1.73. The summed E-state index contributed by atoms with van der Waals surface area (Å²) in [4.78, 5) is 19.5. The first-order valence-electron chi connectivity index (χ1n) is 6.61. The second kappa shape index (κ2) is 6.47. The van der Waals surface area contributed by atoms with E-state index in [1.165, 1.54) is 10.9 Å². The van der Waals surface area contributed by atoms with Crippen LogP contribution < -0.4 is 17.0 Å². The molecule has 1 amide bonds. The van der Waals surface area contributed by atoms with Crippen LogP contribution >= 0.6 is 11.5 Å². The highest BCUT2D eigenvalue weighted by Crippen LogP contribution is 2.33. The van der Waals surface area contributed by atoms with E-state index < -0.39 is 5.91 Å². The smallest absolute Gasteiger partial charge is 0.253 e. The summed E-state index contributed by atoms with van der Waals surface area (Å²) in [7, 11) is 0. The number of aromatic nitrogens is 5. The molecule has 3 heterocycles.